The molecule has 6 heteroatoms. The first-order valence-corrected chi connectivity index (χ1v) is 8.09. The molecule has 0 saturated carbocycles. The molecule has 126 valence electrons. The van der Waals surface area contributed by atoms with Crippen molar-refractivity contribution >= 4 is 17.3 Å². The van der Waals surface area contributed by atoms with Gasteiger partial charge >= 0.3 is 0 Å². The van der Waals surface area contributed by atoms with Crippen LogP contribution in [0, 0.1) is 0 Å². The molecule has 1 aromatic carbocycles. The van der Waals surface area contributed by atoms with Crippen molar-refractivity contribution < 1.29 is 14.3 Å². The number of nitrogens with one attached hydrogen (secondary N) is 1. The third-order valence-electron chi connectivity index (χ3n) is 4.79. The highest BCUT2D eigenvalue weighted by Gasteiger charge is 2.36. The minimum atomic E-state index is -0.236. The summed E-state index contributed by atoms with van der Waals surface area (Å²) in [5.41, 5.74) is 1.81. The number of carbonyl (C=O) groups excluding carboxylic acids is 1. The zero-order chi connectivity index (χ0) is 16.6. The Hall–Kier alpha value is -1.95. The maximum atomic E-state index is 12.8. The predicted octanol–water partition coefficient (Wildman–Crippen LogP) is 1.94. The smallest absolute Gasteiger partial charge is 0.249 e. The fourth-order valence-corrected chi connectivity index (χ4v) is 3.44. The molecule has 1 unspecified atom stereocenters. The van der Waals surface area contributed by atoms with Crippen molar-refractivity contribution in [3.63, 3.8) is 0 Å². The number of piperidine rings is 1. The Bertz CT molecular complexity index is 597. The van der Waals surface area contributed by atoms with E-state index in [9.17, 15) is 4.79 Å². The lowest BCUT2D eigenvalue weighted by Gasteiger charge is -2.42. The van der Waals surface area contributed by atoms with Gasteiger partial charge in [0.25, 0.3) is 0 Å². The van der Waals surface area contributed by atoms with Crippen LogP contribution >= 0.6 is 0 Å². The van der Waals surface area contributed by atoms with Crippen LogP contribution in [-0.2, 0) is 4.79 Å². The van der Waals surface area contributed by atoms with E-state index in [1.165, 1.54) is 0 Å². The van der Waals surface area contributed by atoms with Crippen LogP contribution in [0.3, 0.4) is 0 Å². The maximum Gasteiger partial charge on any atom is 0.249 e. The quantitative estimate of drug-likeness (QED) is 0.923. The summed E-state index contributed by atoms with van der Waals surface area (Å²) in [4.78, 5) is 17.1. The van der Waals surface area contributed by atoms with E-state index in [-0.39, 0.29) is 18.0 Å². The molecule has 2 aliphatic heterocycles. The molecule has 0 aromatic heterocycles. The number of anilines is 2. The average Bonchev–Trinajstić information content (AvgIpc) is 2.56. The zero-order valence-electron chi connectivity index (χ0n) is 14.3. The largest absolute Gasteiger partial charge is 0.493 e. The minimum absolute atomic E-state index is 0.124. The molecule has 2 heterocycles. The zero-order valence-corrected chi connectivity index (χ0v) is 14.3. The lowest BCUT2D eigenvalue weighted by Crippen LogP contribution is -2.53. The summed E-state index contributed by atoms with van der Waals surface area (Å²) in [6.07, 6.45) is 1.98. The minimum Gasteiger partial charge on any atom is -0.493 e. The van der Waals surface area contributed by atoms with E-state index in [2.05, 4.69) is 17.3 Å². The fraction of sp³-hybridized carbons (Fsp3) is 0.588. The Balaban J connectivity index is 2.01. The Kier molecular flexibility index (Phi) is 4.35. The molecule has 0 spiro atoms. The van der Waals surface area contributed by atoms with Crippen LogP contribution in [0.4, 0.5) is 11.4 Å². The number of hydrogen-bond donors (Lipinski definition) is 1. The number of amides is 1. The molecule has 23 heavy (non-hydrogen) atoms. The number of ether oxygens (including phenoxy) is 2. The van der Waals surface area contributed by atoms with E-state index >= 15 is 0 Å². The molecule has 0 radical (unpaired) electrons. The van der Waals surface area contributed by atoms with E-state index in [0.717, 1.165) is 37.3 Å². The summed E-state index contributed by atoms with van der Waals surface area (Å²) in [6, 6.07) is 3.82. The summed E-state index contributed by atoms with van der Waals surface area (Å²) in [5, 5.41) is 3.28. The van der Waals surface area contributed by atoms with Crippen molar-refractivity contribution in [3.8, 4) is 11.5 Å². The van der Waals surface area contributed by atoms with Gasteiger partial charge < -0.3 is 24.6 Å². The van der Waals surface area contributed by atoms with Gasteiger partial charge in [-0.2, -0.15) is 0 Å². The molecule has 1 atom stereocenters. The Labute approximate surface area is 137 Å². The predicted molar refractivity (Wildman–Crippen MR) is 90.6 cm³/mol. The van der Waals surface area contributed by atoms with E-state index in [4.69, 9.17) is 9.47 Å². The molecule has 1 fully saturated rings. The highest BCUT2D eigenvalue weighted by atomic mass is 16.5. The number of fused-ring (bicyclic) bond motifs is 1. The van der Waals surface area contributed by atoms with E-state index in [0.29, 0.717) is 11.5 Å². The number of benzene rings is 1. The van der Waals surface area contributed by atoms with Gasteiger partial charge in [-0.05, 0) is 39.9 Å². The molecule has 1 saturated heterocycles. The number of rotatable bonds is 3. The van der Waals surface area contributed by atoms with Crippen molar-refractivity contribution in [2.45, 2.75) is 31.8 Å². The van der Waals surface area contributed by atoms with Crippen LogP contribution in [0.25, 0.3) is 0 Å². The van der Waals surface area contributed by atoms with Gasteiger partial charge in [-0.3, -0.25) is 4.79 Å². The molecular formula is C17H25N3O3. The highest BCUT2D eigenvalue weighted by molar-refractivity contribution is 6.05. The van der Waals surface area contributed by atoms with Gasteiger partial charge in [-0.15, -0.1) is 0 Å². The second kappa shape index (κ2) is 6.28. The van der Waals surface area contributed by atoms with E-state index in [1.807, 2.05) is 24.0 Å². The summed E-state index contributed by atoms with van der Waals surface area (Å²) < 4.78 is 10.8. The molecule has 0 aliphatic carbocycles. The normalized spacial score (nSPS) is 22.5. The molecule has 3 rings (SSSR count). The van der Waals surface area contributed by atoms with Crippen LogP contribution < -0.4 is 19.7 Å². The lowest BCUT2D eigenvalue weighted by molar-refractivity contribution is -0.119. The number of methoxy groups -OCH3 is 2. The first-order valence-electron chi connectivity index (χ1n) is 8.09. The first-order chi connectivity index (χ1) is 11.0. The Morgan fingerprint density at radius 2 is 1.74 bits per heavy atom. The topological polar surface area (TPSA) is 54.0 Å². The van der Waals surface area contributed by atoms with Crippen molar-refractivity contribution in [2.75, 3.05) is 44.6 Å². The summed E-state index contributed by atoms with van der Waals surface area (Å²) in [6.45, 7) is 3.93. The van der Waals surface area contributed by atoms with Crippen LogP contribution in [0.1, 0.15) is 19.8 Å². The fourth-order valence-electron chi connectivity index (χ4n) is 3.44. The van der Waals surface area contributed by atoms with Gasteiger partial charge in [0.05, 0.1) is 25.6 Å². The summed E-state index contributed by atoms with van der Waals surface area (Å²) in [5.74, 6) is 1.44. The SMILES string of the molecule is COc1cc2c(cc1OC)N(C1CCN(C)CC1)C(=O)C(C)N2. The van der Waals surface area contributed by atoms with Crippen LogP contribution in [0.2, 0.25) is 0 Å². The highest BCUT2D eigenvalue weighted by Crippen LogP contribution is 2.42. The third kappa shape index (κ3) is 2.83. The number of carbonyl (C=O) groups is 1. The van der Waals surface area contributed by atoms with Gasteiger partial charge in [-0.25, -0.2) is 0 Å². The van der Waals surface area contributed by atoms with Crippen LogP contribution in [0.5, 0.6) is 11.5 Å². The molecule has 0 bridgehead atoms. The first kappa shape index (κ1) is 15.9. The molecular weight excluding hydrogens is 294 g/mol. The third-order valence-corrected chi connectivity index (χ3v) is 4.79. The van der Waals surface area contributed by atoms with Crippen molar-refractivity contribution in [1.29, 1.82) is 0 Å². The molecule has 6 nitrogen and oxygen atoms in total. The van der Waals surface area contributed by atoms with Gasteiger partial charge in [0.15, 0.2) is 11.5 Å². The summed E-state index contributed by atoms with van der Waals surface area (Å²) >= 11 is 0. The van der Waals surface area contributed by atoms with Crippen molar-refractivity contribution in [2.24, 2.45) is 0 Å². The maximum absolute atomic E-state index is 12.8. The average molecular weight is 319 g/mol. The molecule has 1 aromatic rings. The monoisotopic (exact) mass is 319 g/mol. The molecule has 2 aliphatic rings. The number of nitrogens with zero attached hydrogens (tertiary/aromatic N) is 2. The van der Waals surface area contributed by atoms with Crippen LogP contribution in [0.15, 0.2) is 12.1 Å². The van der Waals surface area contributed by atoms with E-state index < -0.39 is 0 Å². The Morgan fingerprint density at radius 1 is 1.13 bits per heavy atom. The van der Waals surface area contributed by atoms with Gasteiger partial charge in [0.1, 0.15) is 6.04 Å². The second-order valence-electron chi connectivity index (χ2n) is 6.33. The standard InChI is InChI=1S/C17H25N3O3/c1-11-17(21)20(12-5-7-19(2)8-6-12)14-10-16(23-4)15(22-3)9-13(14)18-11/h9-12,18H,5-8H2,1-4H3. The van der Waals surface area contributed by atoms with Crippen molar-refractivity contribution in [1.82, 2.24) is 4.90 Å². The molecule has 1 amide bonds. The van der Waals surface area contributed by atoms with Gasteiger partial charge in [0.2, 0.25) is 5.91 Å². The van der Waals surface area contributed by atoms with Gasteiger partial charge in [0, 0.05) is 18.2 Å². The lowest BCUT2D eigenvalue weighted by atomic mass is 9.99. The van der Waals surface area contributed by atoms with Gasteiger partial charge in [-0.1, -0.05) is 0 Å². The molecule has 1 N–H and O–H groups in total. The number of hydrogen-bond acceptors (Lipinski definition) is 5. The van der Waals surface area contributed by atoms with Crippen molar-refractivity contribution in [3.05, 3.63) is 12.1 Å². The van der Waals surface area contributed by atoms with E-state index in [1.54, 1.807) is 14.2 Å². The second-order valence-corrected chi connectivity index (χ2v) is 6.33. The Morgan fingerprint density at radius 3 is 2.35 bits per heavy atom. The number of likely N-dealkylation sites (tertiary alicyclic amines) is 1. The van der Waals surface area contributed by atoms with Crippen LogP contribution in [-0.4, -0.2) is 57.2 Å². The summed E-state index contributed by atoms with van der Waals surface area (Å²) in [7, 11) is 5.36.